The minimum atomic E-state index is -1.49. The second kappa shape index (κ2) is 17.4. The van der Waals surface area contributed by atoms with Crippen molar-refractivity contribution in [3.63, 3.8) is 0 Å². The van der Waals surface area contributed by atoms with Crippen LogP contribution < -0.4 is 10.6 Å². The molecule has 0 spiro atoms. The summed E-state index contributed by atoms with van der Waals surface area (Å²) in [6.45, 7) is 5.65. The maximum Gasteiger partial charge on any atom is 0.411 e. The maximum absolute atomic E-state index is 14.8. The van der Waals surface area contributed by atoms with Crippen LogP contribution in [0.15, 0.2) is 77.0 Å². The third-order valence-corrected chi connectivity index (χ3v) is 8.06. The minimum absolute atomic E-state index is 0.00286. The number of aliphatic hydroxyl groups excluding tert-OH is 1. The molecule has 2 aliphatic rings. The van der Waals surface area contributed by atoms with Crippen molar-refractivity contribution < 1.29 is 42.6 Å². The van der Waals surface area contributed by atoms with Crippen LogP contribution in [-0.2, 0) is 25.5 Å². The van der Waals surface area contributed by atoms with Crippen molar-refractivity contribution in [1.82, 2.24) is 15.2 Å². The van der Waals surface area contributed by atoms with Gasteiger partial charge in [0.1, 0.15) is 24.6 Å². The molecule has 6 atom stereocenters. The Balaban J connectivity index is 1.54. The van der Waals surface area contributed by atoms with Crippen LogP contribution in [0.25, 0.3) is 0 Å². The third-order valence-electron chi connectivity index (χ3n) is 8.06. The summed E-state index contributed by atoms with van der Waals surface area (Å²) in [6, 6.07) is 7.88. The lowest BCUT2D eigenvalue weighted by Crippen LogP contribution is -2.44. The van der Waals surface area contributed by atoms with E-state index in [1.807, 2.05) is 6.07 Å². The second-order valence-corrected chi connectivity index (χ2v) is 12.1. The van der Waals surface area contributed by atoms with Gasteiger partial charge in [-0.15, -0.1) is 0 Å². The molecule has 3 amide bonds. The van der Waals surface area contributed by atoms with Gasteiger partial charge in [-0.2, -0.15) is 0 Å². The molecule has 0 saturated carbocycles. The number of nitrogens with one attached hydrogen (secondary N) is 2. The maximum atomic E-state index is 14.8. The van der Waals surface area contributed by atoms with Gasteiger partial charge in [0.2, 0.25) is 5.91 Å². The van der Waals surface area contributed by atoms with Crippen molar-refractivity contribution >= 4 is 29.6 Å². The fraction of sp³-hybridized carbons (Fsp3) is 0.457. The summed E-state index contributed by atoms with van der Waals surface area (Å²) in [6.07, 6.45) is 5.34. The van der Waals surface area contributed by atoms with Crippen LogP contribution in [0.4, 0.5) is 14.9 Å². The molecule has 1 fully saturated rings. The minimum Gasteiger partial charge on any atom is -0.460 e. The first-order valence-corrected chi connectivity index (χ1v) is 16.1. The summed E-state index contributed by atoms with van der Waals surface area (Å²) < 4.78 is 31.6. The molecule has 2 aliphatic heterocycles. The number of hydrogen-bond donors (Lipinski definition) is 3. The van der Waals surface area contributed by atoms with Crippen molar-refractivity contribution in [2.75, 3.05) is 25.0 Å². The lowest BCUT2D eigenvalue weighted by atomic mass is 9.93. The Bertz CT molecular complexity index is 1510. The molecule has 1 aromatic heterocycles. The molecule has 1 aromatic carbocycles. The van der Waals surface area contributed by atoms with Crippen LogP contribution in [0, 0.1) is 11.8 Å². The Morgan fingerprint density at radius 1 is 1.23 bits per heavy atom. The molecule has 4 rings (SSSR count). The van der Waals surface area contributed by atoms with E-state index in [0.29, 0.717) is 24.1 Å². The summed E-state index contributed by atoms with van der Waals surface area (Å²) >= 11 is 0. The number of hydrogen-bond acceptors (Lipinski definition) is 9. The van der Waals surface area contributed by atoms with Crippen molar-refractivity contribution in [3.8, 4) is 0 Å². The average molecular weight is 667 g/mol. The highest BCUT2D eigenvalue weighted by molar-refractivity contribution is 5.95. The van der Waals surface area contributed by atoms with Crippen molar-refractivity contribution in [3.05, 3.63) is 84.1 Å². The van der Waals surface area contributed by atoms with Gasteiger partial charge in [-0.1, -0.05) is 61.9 Å². The number of rotatable bonds is 4. The topological polar surface area (TPSA) is 160 Å². The van der Waals surface area contributed by atoms with Crippen molar-refractivity contribution in [2.45, 2.75) is 70.9 Å². The van der Waals surface area contributed by atoms with Crippen LogP contribution in [0.2, 0.25) is 0 Å². The number of alkyl halides is 1. The molecule has 3 heterocycles. The first-order valence-electron chi connectivity index (χ1n) is 16.1. The lowest BCUT2D eigenvalue weighted by Gasteiger charge is -2.30. The molecular weight excluding hydrogens is 623 g/mol. The molecule has 0 radical (unpaired) electrons. The number of esters is 1. The van der Waals surface area contributed by atoms with E-state index in [1.165, 1.54) is 17.1 Å². The predicted molar refractivity (Wildman–Crippen MR) is 174 cm³/mol. The Kier molecular flexibility index (Phi) is 13.1. The number of cyclic esters (lactones) is 1. The van der Waals surface area contributed by atoms with E-state index in [1.54, 1.807) is 63.3 Å². The highest BCUT2D eigenvalue weighted by Crippen LogP contribution is 2.26. The van der Waals surface area contributed by atoms with Gasteiger partial charge < -0.3 is 29.2 Å². The monoisotopic (exact) mass is 666 g/mol. The van der Waals surface area contributed by atoms with Crippen LogP contribution in [0.5, 0.6) is 0 Å². The number of aromatic nitrogens is 1. The van der Waals surface area contributed by atoms with Crippen molar-refractivity contribution in [1.29, 1.82) is 0 Å². The first-order chi connectivity index (χ1) is 23.0. The molecule has 12 nitrogen and oxygen atoms in total. The van der Waals surface area contributed by atoms with E-state index in [4.69, 9.17) is 13.9 Å². The number of amides is 3. The summed E-state index contributed by atoms with van der Waals surface area (Å²) in [4.78, 5) is 57.6. The van der Waals surface area contributed by atoms with Gasteiger partial charge in [0, 0.05) is 37.0 Å². The largest absolute Gasteiger partial charge is 0.460 e. The lowest BCUT2D eigenvalue weighted by molar-refractivity contribution is -0.159. The SMILES string of the molecule is CC1=C\[C@@H](O)C[C@@H](F)Cc2nc(co2)C(=O)N2CCC[C@@H]2C(=O)O[C@H]([C@@H](C)COC(=O)Nc2ccccc2)[C@H](C)/C=C/C(=O)NC\C=C\1. The number of anilines is 1. The molecule has 1 saturated heterocycles. The van der Waals surface area contributed by atoms with E-state index < -0.39 is 54.2 Å². The standard InChI is InChI=1S/C35H43FN4O8/c1-22-9-7-15-37-30(42)14-13-23(2)32(24(3)20-47-35(45)38-26-10-5-4-6-11-26)48-34(44)29-12-8-16-40(29)33(43)28-21-46-31(39-28)19-25(36)18-27(41)17-22/h4-7,9-11,13-14,17,21,23-25,27,29,32,41H,8,12,15-16,18-20H2,1-3H3,(H,37,42)(H,38,45)/b9-7+,14-13+,22-17+/t23-,24+,25-,27-,29-,32+/m1/s1. The number of halogens is 1. The number of fused-ring (bicyclic) bond motifs is 3. The summed E-state index contributed by atoms with van der Waals surface area (Å²) in [5.41, 5.74) is 1.16. The number of para-hydroxylation sites is 1. The normalized spacial score (nSPS) is 27.8. The van der Waals surface area contributed by atoms with Gasteiger partial charge in [-0.3, -0.25) is 14.9 Å². The zero-order valence-corrected chi connectivity index (χ0v) is 27.3. The van der Waals surface area contributed by atoms with Gasteiger partial charge in [-0.05, 0) is 38.0 Å². The zero-order valence-electron chi connectivity index (χ0n) is 27.3. The van der Waals surface area contributed by atoms with Crippen molar-refractivity contribution in [2.24, 2.45) is 11.8 Å². The van der Waals surface area contributed by atoms with E-state index >= 15 is 0 Å². The van der Waals surface area contributed by atoms with Crippen LogP contribution in [-0.4, -0.2) is 83.0 Å². The second-order valence-electron chi connectivity index (χ2n) is 12.1. The number of allylic oxidation sites excluding steroid dienone is 2. The Morgan fingerprint density at radius 2 is 2.00 bits per heavy atom. The van der Waals surface area contributed by atoms with E-state index in [0.717, 1.165) is 6.26 Å². The number of nitrogens with zero attached hydrogens (tertiary/aromatic N) is 2. The summed E-state index contributed by atoms with van der Waals surface area (Å²) in [5, 5.41) is 15.7. The van der Waals surface area contributed by atoms with Crippen LogP contribution in [0.1, 0.15) is 56.4 Å². The highest BCUT2D eigenvalue weighted by Gasteiger charge is 2.39. The van der Waals surface area contributed by atoms with Gasteiger partial charge in [0.15, 0.2) is 11.6 Å². The van der Waals surface area contributed by atoms with Gasteiger partial charge in [-0.25, -0.2) is 19.0 Å². The van der Waals surface area contributed by atoms with Gasteiger partial charge in [0.05, 0.1) is 19.1 Å². The molecule has 258 valence electrons. The quantitative estimate of drug-likeness (QED) is 0.399. The fourth-order valence-electron chi connectivity index (χ4n) is 5.61. The van der Waals surface area contributed by atoms with Gasteiger partial charge >= 0.3 is 12.1 Å². The molecular formula is C35H43FN4O8. The smallest absolute Gasteiger partial charge is 0.411 e. The number of carbonyl (C=O) groups excluding carboxylic acids is 4. The van der Waals surface area contributed by atoms with E-state index in [-0.39, 0.29) is 50.0 Å². The Hall–Kier alpha value is -4.78. The third kappa shape index (κ3) is 10.6. The van der Waals surface area contributed by atoms with E-state index in [9.17, 15) is 28.7 Å². The molecule has 3 N–H and O–H groups in total. The summed E-state index contributed by atoms with van der Waals surface area (Å²) in [5.74, 6) is -2.59. The molecule has 0 aliphatic carbocycles. The highest BCUT2D eigenvalue weighted by atomic mass is 19.1. The fourth-order valence-corrected chi connectivity index (χ4v) is 5.61. The summed E-state index contributed by atoms with van der Waals surface area (Å²) in [7, 11) is 0. The molecule has 13 heteroatoms. The zero-order chi connectivity index (χ0) is 34.6. The van der Waals surface area contributed by atoms with E-state index in [2.05, 4.69) is 15.6 Å². The molecule has 48 heavy (non-hydrogen) atoms. The van der Waals surface area contributed by atoms with Gasteiger partial charge in [0.25, 0.3) is 5.91 Å². The average Bonchev–Trinajstić information content (AvgIpc) is 3.73. The first kappa shape index (κ1) is 36.1. The number of ether oxygens (including phenoxy) is 2. The number of aliphatic hydroxyl groups is 1. The van der Waals surface area contributed by atoms with Crippen LogP contribution >= 0.6 is 0 Å². The number of carbonyl (C=O) groups is 4. The predicted octanol–water partition coefficient (Wildman–Crippen LogP) is 4.53. The number of benzene rings is 1. The number of oxazole rings is 1. The Labute approximate surface area is 279 Å². The molecule has 0 unspecified atom stereocenters. The molecule has 2 bridgehead atoms. The molecule has 2 aromatic rings. The Morgan fingerprint density at radius 3 is 2.77 bits per heavy atom. The van der Waals surface area contributed by atoms with Crippen LogP contribution in [0.3, 0.4) is 0 Å².